The van der Waals surface area contributed by atoms with Crippen molar-refractivity contribution in [3.05, 3.63) is 36.0 Å². The molecule has 0 saturated carbocycles. The van der Waals surface area contributed by atoms with Gasteiger partial charge in [-0.25, -0.2) is 0 Å². The molecule has 3 N–H and O–H groups in total. The zero-order valence-corrected chi connectivity index (χ0v) is 11.2. The van der Waals surface area contributed by atoms with Crippen LogP contribution in [0.5, 0.6) is 0 Å². The Morgan fingerprint density at radius 2 is 2.17 bits per heavy atom. The molecule has 0 fully saturated rings. The van der Waals surface area contributed by atoms with Crippen molar-refractivity contribution >= 4 is 34.4 Å². The number of hydrazone groups is 1. The summed E-state index contributed by atoms with van der Waals surface area (Å²) in [5.74, 6) is 0. The van der Waals surface area contributed by atoms with E-state index in [-0.39, 0.29) is 0 Å². The van der Waals surface area contributed by atoms with Crippen LogP contribution in [0.2, 0.25) is 0 Å². The van der Waals surface area contributed by atoms with E-state index in [9.17, 15) is 0 Å². The SMILES string of the molecule is CC(C)NC(=S)N/N=C\c1c[nH]c2ccccc12. The van der Waals surface area contributed by atoms with Gasteiger partial charge in [0.2, 0.25) is 0 Å². The highest BCUT2D eigenvalue weighted by molar-refractivity contribution is 7.80. The fraction of sp³-hybridized carbons (Fsp3) is 0.231. The van der Waals surface area contributed by atoms with Gasteiger partial charge in [-0.2, -0.15) is 5.10 Å². The van der Waals surface area contributed by atoms with Crippen molar-refractivity contribution in [2.24, 2.45) is 5.10 Å². The number of para-hydroxylation sites is 1. The molecule has 0 aliphatic heterocycles. The summed E-state index contributed by atoms with van der Waals surface area (Å²) in [6.07, 6.45) is 3.68. The molecule has 18 heavy (non-hydrogen) atoms. The molecule has 0 spiro atoms. The summed E-state index contributed by atoms with van der Waals surface area (Å²) in [6.45, 7) is 4.05. The van der Waals surface area contributed by atoms with Gasteiger partial charge in [0.25, 0.3) is 0 Å². The molecule has 5 heteroatoms. The number of rotatable bonds is 3. The molecule has 2 rings (SSSR count). The van der Waals surface area contributed by atoms with Crippen molar-refractivity contribution in [3.8, 4) is 0 Å². The number of aromatic nitrogens is 1. The average Bonchev–Trinajstić information content (AvgIpc) is 2.72. The lowest BCUT2D eigenvalue weighted by Crippen LogP contribution is -2.36. The van der Waals surface area contributed by atoms with Crippen LogP contribution in [-0.2, 0) is 0 Å². The number of nitrogens with one attached hydrogen (secondary N) is 3. The Morgan fingerprint density at radius 3 is 2.94 bits per heavy atom. The van der Waals surface area contributed by atoms with Gasteiger partial charge in [0.05, 0.1) is 6.21 Å². The third-order valence-electron chi connectivity index (χ3n) is 2.41. The van der Waals surface area contributed by atoms with E-state index < -0.39 is 0 Å². The number of H-pyrrole nitrogens is 1. The van der Waals surface area contributed by atoms with E-state index in [0.717, 1.165) is 16.5 Å². The van der Waals surface area contributed by atoms with Gasteiger partial charge in [-0.3, -0.25) is 5.43 Å². The molecule has 0 aliphatic carbocycles. The van der Waals surface area contributed by atoms with Crippen molar-refractivity contribution in [3.63, 3.8) is 0 Å². The smallest absolute Gasteiger partial charge is 0.187 e. The maximum atomic E-state index is 5.08. The number of hydrogen-bond donors (Lipinski definition) is 3. The summed E-state index contributed by atoms with van der Waals surface area (Å²) in [5.41, 5.74) is 4.92. The molecular formula is C13H16N4S. The van der Waals surface area contributed by atoms with Crippen LogP contribution >= 0.6 is 12.2 Å². The Balaban J connectivity index is 2.03. The Bertz CT molecular complexity index is 571. The van der Waals surface area contributed by atoms with Gasteiger partial charge in [-0.1, -0.05) is 18.2 Å². The first-order valence-electron chi connectivity index (χ1n) is 5.82. The van der Waals surface area contributed by atoms with Crippen molar-refractivity contribution < 1.29 is 0 Å². The zero-order valence-electron chi connectivity index (χ0n) is 10.4. The molecule has 4 nitrogen and oxygen atoms in total. The lowest BCUT2D eigenvalue weighted by molar-refractivity contribution is 0.720. The van der Waals surface area contributed by atoms with Gasteiger partial charge in [-0.15, -0.1) is 0 Å². The fourth-order valence-electron chi connectivity index (χ4n) is 1.66. The molecule has 0 amide bonds. The minimum absolute atomic E-state index is 0.299. The number of benzene rings is 1. The Labute approximate surface area is 111 Å². The second kappa shape index (κ2) is 5.64. The number of aromatic amines is 1. The molecule has 0 saturated heterocycles. The van der Waals surface area contributed by atoms with Crippen LogP contribution in [0.1, 0.15) is 19.4 Å². The minimum atomic E-state index is 0.299. The molecule has 0 unspecified atom stereocenters. The first-order chi connectivity index (χ1) is 8.66. The lowest BCUT2D eigenvalue weighted by Gasteiger charge is -2.09. The first kappa shape index (κ1) is 12.6. The van der Waals surface area contributed by atoms with Crippen LogP contribution < -0.4 is 10.7 Å². The second-order valence-electron chi connectivity index (χ2n) is 4.29. The number of nitrogens with zero attached hydrogens (tertiary/aromatic N) is 1. The van der Waals surface area contributed by atoms with Gasteiger partial charge in [0.15, 0.2) is 5.11 Å². The minimum Gasteiger partial charge on any atom is -0.361 e. The van der Waals surface area contributed by atoms with Gasteiger partial charge < -0.3 is 10.3 Å². The van der Waals surface area contributed by atoms with Gasteiger partial charge in [0, 0.05) is 28.7 Å². The van der Waals surface area contributed by atoms with E-state index >= 15 is 0 Å². The van der Waals surface area contributed by atoms with E-state index in [0.29, 0.717) is 11.2 Å². The van der Waals surface area contributed by atoms with Crippen molar-refractivity contribution in [1.29, 1.82) is 0 Å². The summed E-state index contributed by atoms with van der Waals surface area (Å²) in [7, 11) is 0. The fourth-order valence-corrected chi connectivity index (χ4v) is 1.94. The van der Waals surface area contributed by atoms with Crippen LogP contribution in [0, 0.1) is 0 Å². The second-order valence-corrected chi connectivity index (χ2v) is 4.70. The van der Waals surface area contributed by atoms with Gasteiger partial charge in [-0.05, 0) is 32.1 Å². The van der Waals surface area contributed by atoms with Crippen molar-refractivity contribution in [2.75, 3.05) is 0 Å². The summed E-state index contributed by atoms with van der Waals surface area (Å²) < 4.78 is 0. The lowest BCUT2D eigenvalue weighted by atomic mass is 10.2. The molecule has 94 valence electrons. The monoisotopic (exact) mass is 260 g/mol. The maximum Gasteiger partial charge on any atom is 0.187 e. The number of hydrogen-bond acceptors (Lipinski definition) is 2. The molecule has 0 aliphatic rings. The van der Waals surface area contributed by atoms with Crippen LogP contribution in [0.25, 0.3) is 10.9 Å². The highest BCUT2D eigenvalue weighted by atomic mass is 32.1. The molecule has 1 heterocycles. The largest absolute Gasteiger partial charge is 0.361 e. The van der Waals surface area contributed by atoms with E-state index in [2.05, 4.69) is 26.9 Å². The van der Waals surface area contributed by atoms with Crippen molar-refractivity contribution in [2.45, 2.75) is 19.9 Å². The van der Waals surface area contributed by atoms with Crippen LogP contribution in [0.4, 0.5) is 0 Å². The van der Waals surface area contributed by atoms with Crippen LogP contribution in [0.3, 0.4) is 0 Å². The zero-order chi connectivity index (χ0) is 13.0. The third-order valence-corrected chi connectivity index (χ3v) is 2.62. The Hall–Kier alpha value is -1.88. The summed E-state index contributed by atoms with van der Waals surface area (Å²) in [5, 5.41) is 8.85. The highest BCUT2D eigenvalue weighted by Gasteiger charge is 1.99. The predicted molar refractivity (Wildman–Crippen MR) is 79.9 cm³/mol. The maximum absolute atomic E-state index is 5.08. The average molecular weight is 260 g/mol. The summed E-state index contributed by atoms with van der Waals surface area (Å²) in [6, 6.07) is 8.39. The molecule has 0 radical (unpaired) electrons. The van der Waals surface area contributed by atoms with Crippen molar-refractivity contribution in [1.82, 2.24) is 15.7 Å². The predicted octanol–water partition coefficient (Wildman–Crippen LogP) is 2.37. The summed E-state index contributed by atoms with van der Waals surface area (Å²) >= 11 is 5.08. The quantitative estimate of drug-likeness (QED) is 0.451. The molecule has 1 aromatic carbocycles. The first-order valence-corrected chi connectivity index (χ1v) is 6.23. The van der Waals surface area contributed by atoms with E-state index in [1.54, 1.807) is 6.21 Å². The molecule has 0 atom stereocenters. The Kier molecular flexibility index (Phi) is 3.94. The summed E-state index contributed by atoms with van der Waals surface area (Å²) in [4.78, 5) is 3.19. The third kappa shape index (κ3) is 3.07. The molecule has 0 bridgehead atoms. The molecule has 2 aromatic rings. The molecule has 1 aromatic heterocycles. The molecular weight excluding hydrogens is 244 g/mol. The van der Waals surface area contributed by atoms with Gasteiger partial charge >= 0.3 is 0 Å². The van der Waals surface area contributed by atoms with E-state index in [1.165, 1.54) is 0 Å². The highest BCUT2D eigenvalue weighted by Crippen LogP contribution is 2.15. The van der Waals surface area contributed by atoms with Crippen LogP contribution in [0.15, 0.2) is 35.6 Å². The van der Waals surface area contributed by atoms with E-state index in [4.69, 9.17) is 12.2 Å². The standard InChI is InChI=1S/C13H16N4S/c1-9(2)16-13(18)17-15-8-10-7-14-12-6-4-3-5-11(10)12/h3-9,14H,1-2H3,(H2,16,17,18)/b15-8-. The number of fused-ring (bicyclic) bond motifs is 1. The van der Waals surface area contributed by atoms with Gasteiger partial charge in [0.1, 0.15) is 0 Å². The Morgan fingerprint density at radius 1 is 1.39 bits per heavy atom. The normalized spacial score (nSPS) is 11.3. The van der Waals surface area contributed by atoms with E-state index in [1.807, 2.05) is 38.2 Å². The number of thiocarbonyl (C=S) groups is 1. The van der Waals surface area contributed by atoms with Crippen LogP contribution in [-0.4, -0.2) is 22.4 Å². The topological polar surface area (TPSA) is 52.2 Å².